The first-order valence-corrected chi connectivity index (χ1v) is 6.34. The van der Waals surface area contributed by atoms with E-state index in [1.807, 2.05) is 0 Å². The molecule has 2 N–H and O–H groups in total. The minimum absolute atomic E-state index is 0.566. The normalized spacial score (nSPS) is 25.4. The number of piperidine rings is 1. The molecule has 1 unspecified atom stereocenters. The maximum absolute atomic E-state index is 4.75. The Bertz CT molecular complexity index is 377. The summed E-state index contributed by atoms with van der Waals surface area (Å²) < 4.78 is 2.28. The summed E-state index contributed by atoms with van der Waals surface area (Å²) in [6, 6.07) is 0.566. The lowest BCUT2D eigenvalue weighted by Crippen LogP contribution is -2.34. The number of aromatic nitrogens is 2. The van der Waals surface area contributed by atoms with Crippen LogP contribution in [0.25, 0.3) is 0 Å². The lowest BCUT2D eigenvalue weighted by Gasteiger charge is -2.26. The number of nitrogens with zero attached hydrogens (tertiary/aromatic N) is 2. The standard InChI is InChI=1S/C12H20N4/c1-9-11-4-6-14-8-12(11)16(15-9)10-3-2-5-13-7-10/h10,13-14H,2-8H2,1H3. The minimum Gasteiger partial charge on any atom is -0.315 e. The van der Waals surface area contributed by atoms with Crippen molar-refractivity contribution in [2.75, 3.05) is 19.6 Å². The van der Waals surface area contributed by atoms with E-state index in [1.54, 1.807) is 0 Å². The highest BCUT2D eigenvalue weighted by Crippen LogP contribution is 2.24. The molecular formula is C12H20N4. The van der Waals surface area contributed by atoms with Gasteiger partial charge in [-0.1, -0.05) is 0 Å². The molecule has 2 aliphatic heterocycles. The van der Waals surface area contributed by atoms with Crippen molar-refractivity contribution in [3.8, 4) is 0 Å². The van der Waals surface area contributed by atoms with Crippen LogP contribution in [0.15, 0.2) is 0 Å². The van der Waals surface area contributed by atoms with Gasteiger partial charge in [0.15, 0.2) is 0 Å². The fraction of sp³-hybridized carbons (Fsp3) is 0.750. The van der Waals surface area contributed by atoms with Crippen molar-refractivity contribution in [3.63, 3.8) is 0 Å². The van der Waals surface area contributed by atoms with Gasteiger partial charge in [0.2, 0.25) is 0 Å². The molecule has 2 aliphatic rings. The number of aryl methyl sites for hydroxylation is 1. The van der Waals surface area contributed by atoms with Gasteiger partial charge in [0.05, 0.1) is 17.4 Å². The van der Waals surface area contributed by atoms with E-state index in [9.17, 15) is 0 Å². The van der Waals surface area contributed by atoms with Gasteiger partial charge in [-0.15, -0.1) is 0 Å². The van der Waals surface area contributed by atoms with Crippen LogP contribution in [0.1, 0.15) is 35.8 Å². The molecule has 0 aliphatic carbocycles. The fourth-order valence-corrected chi connectivity index (χ4v) is 2.91. The molecule has 1 saturated heterocycles. The number of hydrogen-bond acceptors (Lipinski definition) is 3. The summed E-state index contributed by atoms with van der Waals surface area (Å²) in [6.07, 6.45) is 3.67. The molecule has 1 atom stereocenters. The monoisotopic (exact) mass is 220 g/mol. The van der Waals surface area contributed by atoms with Crippen LogP contribution in [0.3, 0.4) is 0 Å². The Morgan fingerprint density at radius 3 is 3.06 bits per heavy atom. The summed E-state index contributed by atoms with van der Waals surface area (Å²) in [5.74, 6) is 0. The first kappa shape index (κ1) is 10.3. The topological polar surface area (TPSA) is 41.9 Å². The van der Waals surface area contributed by atoms with Gasteiger partial charge in [0.25, 0.3) is 0 Å². The van der Waals surface area contributed by atoms with E-state index >= 15 is 0 Å². The SMILES string of the molecule is Cc1nn(C2CCCNC2)c2c1CCNC2. The molecule has 0 spiro atoms. The smallest absolute Gasteiger partial charge is 0.0648 e. The van der Waals surface area contributed by atoms with E-state index < -0.39 is 0 Å². The Morgan fingerprint density at radius 2 is 2.25 bits per heavy atom. The highest BCUT2D eigenvalue weighted by atomic mass is 15.3. The lowest BCUT2D eigenvalue weighted by molar-refractivity contribution is 0.334. The molecule has 0 saturated carbocycles. The Hall–Kier alpha value is -0.870. The van der Waals surface area contributed by atoms with E-state index in [1.165, 1.54) is 29.8 Å². The third-order valence-corrected chi connectivity index (χ3v) is 3.78. The van der Waals surface area contributed by atoms with E-state index in [-0.39, 0.29) is 0 Å². The second-order valence-corrected chi connectivity index (χ2v) is 4.88. The number of nitrogens with one attached hydrogen (secondary N) is 2. The van der Waals surface area contributed by atoms with E-state index in [2.05, 4.69) is 22.2 Å². The lowest BCUT2D eigenvalue weighted by atomic mass is 10.0. The first-order chi connectivity index (χ1) is 7.86. The van der Waals surface area contributed by atoms with Gasteiger partial charge >= 0.3 is 0 Å². The second kappa shape index (κ2) is 4.18. The Kier molecular flexibility index (Phi) is 2.69. The van der Waals surface area contributed by atoms with Gasteiger partial charge in [-0.2, -0.15) is 5.10 Å². The Morgan fingerprint density at radius 1 is 1.31 bits per heavy atom. The molecule has 88 valence electrons. The predicted molar refractivity (Wildman–Crippen MR) is 63.5 cm³/mol. The van der Waals surface area contributed by atoms with Crippen LogP contribution in [-0.4, -0.2) is 29.4 Å². The van der Waals surface area contributed by atoms with Gasteiger partial charge < -0.3 is 10.6 Å². The zero-order chi connectivity index (χ0) is 11.0. The largest absolute Gasteiger partial charge is 0.315 e. The van der Waals surface area contributed by atoms with Crippen molar-refractivity contribution in [2.24, 2.45) is 0 Å². The third-order valence-electron chi connectivity index (χ3n) is 3.78. The zero-order valence-electron chi connectivity index (χ0n) is 9.92. The summed E-state index contributed by atoms with van der Waals surface area (Å²) in [5.41, 5.74) is 4.16. The molecule has 1 fully saturated rings. The summed E-state index contributed by atoms with van der Waals surface area (Å²) in [4.78, 5) is 0. The van der Waals surface area contributed by atoms with Crippen molar-refractivity contribution in [1.29, 1.82) is 0 Å². The Balaban J connectivity index is 1.93. The van der Waals surface area contributed by atoms with Crippen LogP contribution >= 0.6 is 0 Å². The second-order valence-electron chi connectivity index (χ2n) is 4.88. The van der Waals surface area contributed by atoms with Crippen molar-refractivity contribution in [2.45, 2.75) is 38.8 Å². The molecule has 4 heteroatoms. The minimum atomic E-state index is 0.566. The van der Waals surface area contributed by atoms with Gasteiger partial charge in [-0.05, 0) is 44.8 Å². The van der Waals surface area contributed by atoms with Crippen LogP contribution in [0.2, 0.25) is 0 Å². The molecule has 16 heavy (non-hydrogen) atoms. The Labute approximate surface area is 96.4 Å². The van der Waals surface area contributed by atoms with Crippen molar-refractivity contribution < 1.29 is 0 Å². The maximum atomic E-state index is 4.75. The van der Waals surface area contributed by atoms with Crippen molar-refractivity contribution in [3.05, 3.63) is 17.0 Å². The van der Waals surface area contributed by atoms with Crippen LogP contribution in [-0.2, 0) is 13.0 Å². The average molecular weight is 220 g/mol. The van der Waals surface area contributed by atoms with E-state index in [0.717, 1.165) is 32.6 Å². The highest BCUT2D eigenvalue weighted by molar-refractivity contribution is 5.28. The molecule has 0 bridgehead atoms. The molecule has 3 rings (SSSR count). The zero-order valence-corrected chi connectivity index (χ0v) is 9.92. The summed E-state index contributed by atoms with van der Waals surface area (Å²) in [5, 5.41) is 11.7. The summed E-state index contributed by atoms with van der Waals surface area (Å²) in [7, 11) is 0. The van der Waals surface area contributed by atoms with Crippen molar-refractivity contribution in [1.82, 2.24) is 20.4 Å². The molecule has 0 amide bonds. The molecule has 0 aromatic carbocycles. The van der Waals surface area contributed by atoms with Crippen LogP contribution in [0, 0.1) is 6.92 Å². The van der Waals surface area contributed by atoms with Gasteiger partial charge in [0, 0.05) is 13.1 Å². The first-order valence-electron chi connectivity index (χ1n) is 6.34. The van der Waals surface area contributed by atoms with Gasteiger partial charge in [0.1, 0.15) is 0 Å². The van der Waals surface area contributed by atoms with Crippen LogP contribution < -0.4 is 10.6 Å². The molecular weight excluding hydrogens is 200 g/mol. The van der Waals surface area contributed by atoms with Crippen LogP contribution in [0.5, 0.6) is 0 Å². The average Bonchev–Trinajstić information content (AvgIpc) is 2.69. The predicted octanol–water partition coefficient (Wildman–Crippen LogP) is 0.762. The maximum Gasteiger partial charge on any atom is 0.0648 e. The molecule has 0 radical (unpaired) electrons. The summed E-state index contributed by atoms with van der Waals surface area (Å²) >= 11 is 0. The number of hydrogen-bond donors (Lipinski definition) is 2. The molecule has 1 aromatic heterocycles. The van der Waals surface area contributed by atoms with Crippen molar-refractivity contribution >= 4 is 0 Å². The fourth-order valence-electron chi connectivity index (χ4n) is 2.91. The highest BCUT2D eigenvalue weighted by Gasteiger charge is 2.23. The van der Waals surface area contributed by atoms with Crippen LogP contribution in [0.4, 0.5) is 0 Å². The molecule has 3 heterocycles. The molecule has 1 aromatic rings. The number of rotatable bonds is 1. The third kappa shape index (κ3) is 1.66. The van der Waals surface area contributed by atoms with Gasteiger partial charge in [-0.25, -0.2) is 0 Å². The summed E-state index contributed by atoms with van der Waals surface area (Å²) in [6.45, 7) is 6.48. The quantitative estimate of drug-likeness (QED) is 0.734. The van der Waals surface area contributed by atoms with E-state index in [0.29, 0.717) is 6.04 Å². The number of fused-ring (bicyclic) bond motifs is 1. The molecule has 4 nitrogen and oxygen atoms in total. The van der Waals surface area contributed by atoms with E-state index in [4.69, 9.17) is 5.10 Å². The van der Waals surface area contributed by atoms with Gasteiger partial charge in [-0.3, -0.25) is 4.68 Å².